The van der Waals surface area contributed by atoms with E-state index in [1.165, 1.54) is 19.3 Å². The molecule has 0 aromatic carbocycles. The van der Waals surface area contributed by atoms with Gasteiger partial charge in [0.2, 0.25) is 0 Å². The van der Waals surface area contributed by atoms with Gasteiger partial charge in [-0.1, -0.05) is 0 Å². The number of aryl methyl sites for hydroxylation is 1. The molecule has 31 heavy (non-hydrogen) atoms. The molecular weight excluding hydrogens is 507 g/mol. The summed E-state index contributed by atoms with van der Waals surface area (Å²) in [6.45, 7) is 11.8. The van der Waals surface area contributed by atoms with Crippen molar-refractivity contribution in [2.45, 2.75) is 64.2 Å². The largest absolute Gasteiger partial charge is 0.379 e. The number of ether oxygens (including phenoxy) is 1. The number of morpholine rings is 1. The molecule has 3 heterocycles. The Bertz CT molecular complexity index is 716. The SMILES string of the molecule is Cc1nnc(CN=C(NCCCN2CCOCC2)NC2CC(C)N(C3CC3)C2)n1C.I. The second-order valence-corrected chi connectivity index (χ2v) is 8.98. The molecule has 3 aliphatic rings. The molecule has 9 nitrogen and oxygen atoms in total. The molecule has 0 spiro atoms. The molecular formula is C21H39IN8O. The standard InChI is InChI=1S/C21H38N8O.HI/c1-16-13-18(15-29(16)19-5-6-19)24-21(23-14-20-26-25-17(2)27(20)3)22-7-4-8-28-9-11-30-12-10-28;/h16,18-19H,4-15H2,1-3H3,(H2,22,23,24);1H. The van der Waals surface area contributed by atoms with E-state index in [0.717, 1.165) is 76.0 Å². The van der Waals surface area contributed by atoms with Gasteiger partial charge in [-0.05, 0) is 46.1 Å². The summed E-state index contributed by atoms with van der Waals surface area (Å²) in [5.41, 5.74) is 0. The van der Waals surface area contributed by atoms with Crippen molar-refractivity contribution in [3.05, 3.63) is 11.6 Å². The number of rotatable bonds is 8. The summed E-state index contributed by atoms with van der Waals surface area (Å²) in [5, 5.41) is 15.7. The van der Waals surface area contributed by atoms with Gasteiger partial charge in [0.1, 0.15) is 12.4 Å². The lowest BCUT2D eigenvalue weighted by atomic mass is 10.2. The third-order valence-corrected chi connectivity index (χ3v) is 6.59. The number of aromatic nitrogens is 3. The lowest BCUT2D eigenvalue weighted by Crippen LogP contribution is -2.45. The maximum atomic E-state index is 5.44. The first kappa shape index (κ1) is 24.7. The summed E-state index contributed by atoms with van der Waals surface area (Å²) in [4.78, 5) is 9.99. The first-order valence-corrected chi connectivity index (χ1v) is 11.6. The minimum atomic E-state index is 0. The van der Waals surface area contributed by atoms with E-state index >= 15 is 0 Å². The van der Waals surface area contributed by atoms with Crippen LogP contribution >= 0.6 is 24.0 Å². The zero-order chi connectivity index (χ0) is 20.9. The highest BCUT2D eigenvalue weighted by molar-refractivity contribution is 14.0. The number of guanidine groups is 1. The zero-order valence-corrected chi connectivity index (χ0v) is 21.5. The molecule has 0 amide bonds. The molecule has 3 fully saturated rings. The molecule has 0 radical (unpaired) electrons. The van der Waals surface area contributed by atoms with Crippen LogP contribution in [0.2, 0.25) is 0 Å². The van der Waals surface area contributed by atoms with Crippen LogP contribution in [0.1, 0.15) is 44.3 Å². The van der Waals surface area contributed by atoms with Crippen molar-refractivity contribution < 1.29 is 4.74 Å². The van der Waals surface area contributed by atoms with Gasteiger partial charge in [-0.15, -0.1) is 34.2 Å². The summed E-state index contributed by atoms with van der Waals surface area (Å²) in [7, 11) is 2.00. The Morgan fingerprint density at radius 3 is 2.68 bits per heavy atom. The highest BCUT2D eigenvalue weighted by Crippen LogP contribution is 2.33. The Balaban J connectivity index is 0.00000272. The lowest BCUT2D eigenvalue weighted by molar-refractivity contribution is 0.0376. The topological polar surface area (TPSA) is 82.8 Å². The fourth-order valence-corrected chi connectivity index (χ4v) is 4.49. The molecule has 2 unspecified atom stereocenters. The van der Waals surface area contributed by atoms with Gasteiger partial charge in [-0.2, -0.15) is 0 Å². The van der Waals surface area contributed by atoms with Crippen molar-refractivity contribution >= 4 is 29.9 Å². The Hall–Kier alpha value is -0.980. The van der Waals surface area contributed by atoms with Crippen LogP contribution in [-0.4, -0.2) is 94.6 Å². The van der Waals surface area contributed by atoms with E-state index in [2.05, 4.69) is 37.6 Å². The highest BCUT2D eigenvalue weighted by Gasteiger charge is 2.38. The number of nitrogens with one attached hydrogen (secondary N) is 2. The zero-order valence-electron chi connectivity index (χ0n) is 19.2. The molecule has 2 atom stereocenters. The number of likely N-dealkylation sites (tertiary alicyclic amines) is 1. The quantitative estimate of drug-likeness (QED) is 0.219. The van der Waals surface area contributed by atoms with E-state index in [0.29, 0.717) is 18.6 Å². The third kappa shape index (κ3) is 7.00. The van der Waals surface area contributed by atoms with Crippen LogP contribution in [-0.2, 0) is 18.3 Å². The molecule has 1 aromatic heterocycles. The van der Waals surface area contributed by atoms with Gasteiger partial charge >= 0.3 is 0 Å². The van der Waals surface area contributed by atoms with Crippen LogP contribution in [0.5, 0.6) is 0 Å². The Kier molecular flexibility index (Phi) is 9.35. The second-order valence-electron chi connectivity index (χ2n) is 8.98. The normalized spacial score (nSPS) is 25.5. The van der Waals surface area contributed by atoms with E-state index in [1.807, 2.05) is 18.5 Å². The lowest BCUT2D eigenvalue weighted by Gasteiger charge is -2.26. The van der Waals surface area contributed by atoms with Gasteiger partial charge in [0, 0.05) is 51.4 Å². The summed E-state index contributed by atoms with van der Waals surface area (Å²) in [6, 6.07) is 1.92. The Morgan fingerprint density at radius 1 is 1.23 bits per heavy atom. The molecule has 0 bridgehead atoms. The van der Waals surface area contributed by atoms with E-state index in [4.69, 9.17) is 9.73 Å². The number of halogens is 1. The molecule has 1 saturated carbocycles. The summed E-state index contributed by atoms with van der Waals surface area (Å²) < 4.78 is 7.44. The molecule has 2 aliphatic heterocycles. The minimum absolute atomic E-state index is 0. The summed E-state index contributed by atoms with van der Waals surface area (Å²) >= 11 is 0. The second kappa shape index (κ2) is 11.8. The van der Waals surface area contributed by atoms with Gasteiger partial charge in [0.25, 0.3) is 0 Å². The van der Waals surface area contributed by atoms with Crippen LogP contribution in [0.15, 0.2) is 4.99 Å². The first-order valence-electron chi connectivity index (χ1n) is 11.6. The van der Waals surface area contributed by atoms with Gasteiger partial charge in [-0.25, -0.2) is 4.99 Å². The molecule has 2 N–H and O–H groups in total. The van der Waals surface area contributed by atoms with Crippen LogP contribution < -0.4 is 10.6 Å². The van der Waals surface area contributed by atoms with Crippen molar-refractivity contribution in [2.75, 3.05) is 45.9 Å². The maximum Gasteiger partial charge on any atom is 0.191 e. The monoisotopic (exact) mass is 546 g/mol. The van der Waals surface area contributed by atoms with E-state index in [-0.39, 0.29) is 24.0 Å². The minimum Gasteiger partial charge on any atom is -0.379 e. The van der Waals surface area contributed by atoms with Gasteiger partial charge < -0.3 is 19.9 Å². The number of nitrogens with zero attached hydrogens (tertiary/aromatic N) is 6. The van der Waals surface area contributed by atoms with Crippen molar-refractivity contribution in [2.24, 2.45) is 12.0 Å². The van der Waals surface area contributed by atoms with Crippen LogP contribution in [0.4, 0.5) is 0 Å². The maximum absolute atomic E-state index is 5.44. The molecule has 4 rings (SSSR count). The van der Waals surface area contributed by atoms with E-state index in [1.54, 1.807) is 0 Å². The average molecular weight is 547 g/mol. The van der Waals surface area contributed by atoms with Gasteiger partial charge in [0.05, 0.1) is 13.2 Å². The van der Waals surface area contributed by atoms with Crippen LogP contribution in [0.3, 0.4) is 0 Å². The fourth-order valence-electron chi connectivity index (χ4n) is 4.49. The van der Waals surface area contributed by atoms with Crippen molar-refractivity contribution in [1.29, 1.82) is 0 Å². The number of hydrogen-bond acceptors (Lipinski definition) is 6. The molecule has 10 heteroatoms. The predicted molar refractivity (Wildman–Crippen MR) is 133 cm³/mol. The van der Waals surface area contributed by atoms with Gasteiger partial charge in [0.15, 0.2) is 11.8 Å². The number of aliphatic imine (C=N–C) groups is 1. The molecule has 2 saturated heterocycles. The van der Waals surface area contributed by atoms with Crippen LogP contribution in [0, 0.1) is 6.92 Å². The smallest absolute Gasteiger partial charge is 0.191 e. The Morgan fingerprint density at radius 2 is 2.00 bits per heavy atom. The van der Waals surface area contributed by atoms with E-state index < -0.39 is 0 Å². The average Bonchev–Trinajstić information content (AvgIpc) is 3.46. The first-order chi connectivity index (χ1) is 14.6. The predicted octanol–water partition coefficient (Wildman–Crippen LogP) is 1.12. The molecule has 1 aromatic rings. The molecule has 1 aliphatic carbocycles. The van der Waals surface area contributed by atoms with E-state index in [9.17, 15) is 0 Å². The number of hydrogen-bond donors (Lipinski definition) is 2. The molecule has 176 valence electrons. The van der Waals surface area contributed by atoms with Crippen molar-refractivity contribution in [1.82, 2.24) is 35.2 Å². The van der Waals surface area contributed by atoms with Crippen molar-refractivity contribution in [3.8, 4) is 0 Å². The van der Waals surface area contributed by atoms with Crippen LogP contribution in [0.25, 0.3) is 0 Å². The third-order valence-electron chi connectivity index (χ3n) is 6.59. The van der Waals surface area contributed by atoms with Gasteiger partial charge in [-0.3, -0.25) is 9.80 Å². The van der Waals surface area contributed by atoms with Crippen molar-refractivity contribution in [3.63, 3.8) is 0 Å². The fraction of sp³-hybridized carbons (Fsp3) is 0.857. The summed E-state index contributed by atoms with van der Waals surface area (Å²) in [5.74, 6) is 2.70. The summed E-state index contributed by atoms with van der Waals surface area (Å²) in [6.07, 6.45) is 5.00. The highest BCUT2D eigenvalue weighted by atomic mass is 127. The Labute approximate surface area is 203 Å².